The normalized spacial score (nSPS) is 14.2. The predicted octanol–water partition coefficient (Wildman–Crippen LogP) is 4.93. The molecule has 1 aliphatic rings. The maximum absolute atomic E-state index is 11.4. The van der Waals surface area contributed by atoms with Crippen molar-refractivity contribution in [3.63, 3.8) is 0 Å². The van der Waals surface area contributed by atoms with Crippen LogP contribution in [0, 0.1) is 10.1 Å². The van der Waals surface area contributed by atoms with Gasteiger partial charge in [-0.2, -0.15) is 0 Å². The zero-order valence-electron chi connectivity index (χ0n) is 16.5. The molecule has 0 bridgehead atoms. The summed E-state index contributed by atoms with van der Waals surface area (Å²) in [4.78, 5) is 20.7. The maximum atomic E-state index is 11.4. The summed E-state index contributed by atoms with van der Waals surface area (Å²) in [6.07, 6.45) is 8.42. The average Bonchev–Trinajstić information content (AvgIpc) is 3.21. The third kappa shape index (κ3) is 2.95. The molecule has 0 saturated heterocycles. The van der Waals surface area contributed by atoms with Gasteiger partial charge in [0.1, 0.15) is 5.75 Å². The van der Waals surface area contributed by atoms with Crippen molar-refractivity contribution in [3.8, 4) is 5.75 Å². The van der Waals surface area contributed by atoms with E-state index >= 15 is 0 Å². The van der Waals surface area contributed by atoms with Crippen LogP contribution in [0.2, 0.25) is 0 Å². The molecule has 0 spiro atoms. The number of nitrogens with one attached hydrogen (secondary N) is 1. The molecule has 0 aliphatic carbocycles. The summed E-state index contributed by atoms with van der Waals surface area (Å²) in [6.45, 7) is 1.57. The van der Waals surface area contributed by atoms with E-state index in [1.165, 1.54) is 11.1 Å². The van der Waals surface area contributed by atoms with Crippen LogP contribution in [-0.4, -0.2) is 35.1 Å². The zero-order chi connectivity index (χ0) is 20.7. The molecule has 2 aromatic carbocycles. The molecule has 150 valence electrons. The molecule has 1 aliphatic heterocycles. The van der Waals surface area contributed by atoms with Crippen molar-refractivity contribution in [2.45, 2.75) is 6.42 Å². The average molecular weight is 400 g/mol. The molecule has 3 heterocycles. The van der Waals surface area contributed by atoms with Gasteiger partial charge in [0.2, 0.25) is 0 Å². The van der Waals surface area contributed by atoms with Crippen molar-refractivity contribution in [2.75, 3.05) is 25.1 Å². The van der Waals surface area contributed by atoms with Crippen LogP contribution in [0.1, 0.15) is 12.0 Å². The van der Waals surface area contributed by atoms with Crippen LogP contribution < -0.4 is 9.64 Å². The third-order valence-corrected chi connectivity index (χ3v) is 5.75. The highest BCUT2D eigenvalue weighted by atomic mass is 16.6. The van der Waals surface area contributed by atoms with Crippen LogP contribution in [0.4, 0.5) is 11.4 Å². The largest absolute Gasteiger partial charge is 0.497 e. The number of hydrogen-bond donors (Lipinski definition) is 1. The monoisotopic (exact) mass is 400 g/mol. The van der Waals surface area contributed by atoms with E-state index < -0.39 is 0 Å². The SMILES string of the molecule is COc1ccc2[nH]cc(C3=CCN(c4ccc([N+](=O)[O-])c5cnccc45)CC3)c2c1. The van der Waals surface area contributed by atoms with E-state index in [4.69, 9.17) is 4.74 Å². The summed E-state index contributed by atoms with van der Waals surface area (Å²) in [7, 11) is 1.68. The molecule has 0 atom stereocenters. The van der Waals surface area contributed by atoms with E-state index in [-0.39, 0.29) is 10.6 Å². The van der Waals surface area contributed by atoms with E-state index in [1.54, 1.807) is 25.6 Å². The molecule has 0 radical (unpaired) electrons. The fourth-order valence-corrected chi connectivity index (χ4v) is 4.22. The standard InChI is InChI=1S/C23H20N4O3/c1-30-16-2-3-21-18(12-16)19(14-25-21)15-7-10-26(11-8-15)22-4-5-23(27(28)29)20-13-24-9-6-17(20)22/h2-7,9,12-14,25H,8,10-11H2,1H3. The number of nitro benzene ring substituents is 1. The van der Waals surface area contributed by atoms with E-state index in [9.17, 15) is 10.1 Å². The van der Waals surface area contributed by atoms with Crippen molar-refractivity contribution in [1.29, 1.82) is 0 Å². The minimum Gasteiger partial charge on any atom is -0.497 e. The molecule has 0 amide bonds. The van der Waals surface area contributed by atoms with Gasteiger partial charge in [-0.15, -0.1) is 0 Å². The van der Waals surface area contributed by atoms with Gasteiger partial charge in [0.05, 0.1) is 17.4 Å². The van der Waals surface area contributed by atoms with Crippen molar-refractivity contribution in [3.05, 3.63) is 76.7 Å². The Bertz CT molecular complexity index is 1310. The quantitative estimate of drug-likeness (QED) is 0.388. The highest BCUT2D eigenvalue weighted by Gasteiger charge is 2.21. The second-order valence-corrected chi connectivity index (χ2v) is 7.32. The van der Waals surface area contributed by atoms with Gasteiger partial charge in [-0.1, -0.05) is 6.08 Å². The lowest BCUT2D eigenvalue weighted by Crippen LogP contribution is -2.28. The number of non-ortho nitro benzene ring substituents is 1. The molecule has 2 aromatic heterocycles. The number of nitrogens with zero attached hydrogens (tertiary/aromatic N) is 3. The van der Waals surface area contributed by atoms with E-state index in [0.717, 1.165) is 47.2 Å². The van der Waals surface area contributed by atoms with Crippen LogP contribution in [0.25, 0.3) is 27.2 Å². The number of rotatable bonds is 4. The topological polar surface area (TPSA) is 84.3 Å². The lowest BCUT2D eigenvalue weighted by Gasteiger charge is -2.29. The molecular formula is C23H20N4O3. The fraction of sp³-hybridized carbons (Fsp3) is 0.174. The van der Waals surface area contributed by atoms with Crippen LogP contribution in [0.3, 0.4) is 0 Å². The summed E-state index contributed by atoms with van der Waals surface area (Å²) in [5, 5.41) is 13.9. The fourth-order valence-electron chi connectivity index (χ4n) is 4.22. The minimum atomic E-state index is -0.354. The lowest BCUT2D eigenvalue weighted by atomic mass is 9.98. The Hall–Kier alpha value is -3.87. The predicted molar refractivity (Wildman–Crippen MR) is 118 cm³/mol. The molecule has 7 nitrogen and oxygen atoms in total. The van der Waals surface area contributed by atoms with Crippen molar-refractivity contribution < 1.29 is 9.66 Å². The Labute approximate surface area is 172 Å². The number of benzene rings is 2. The number of anilines is 1. The van der Waals surface area contributed by atoms with Crippen molar-refractivity contribution in [1.82, 2.24) is 9.97 Å². The van der Waals surface area contributed by atoms with Gasteiger partial charge in [-0.05, 0) is 42.3 Å². The first-order chi connectivity index (χ1) is 14.7. The summed E-state index contributed by atoms with van der Waals surface area (Å²) < 4.78 is 5.38. The third-order valence-electron chi connectivity index (χ3n) is 5.75. The first kappa shape index (κ1) is 18.2. The molecule has 1 N–H and O–H groups in total. The van der Waals surface area contributed by atoms with Crippen molar-refractivity contribution in [2.24, 2.45) is 0 Å². The van der Waals surface area contributed by atoms with E-state index in [1.807, 2.05) is 24.3 Å². The maximum Gasteiger partial charge on any atom is 0.278 e. The number of fused-ring (bicyclic) bond motifs is 2. The molecule has 7 heteroatoms. The second-order valence-electron chi connectivity index (χ2n) is 7.32. The highest BCUT2D eigenvalue weighted by Crippen LogP contribution is 2.36. The Morgan fingerprint density at radius 3 is 2.83 bits per heavy atom. The van der Waals surface area contributed by atoms with Gasteiger partial charge in [-0.25, -0.2) is 0 Å². The Morgan fingerprint density at radius 1 is 1.17 bits per heavy atom. The van der Waals surface area contributed by atoms with Gasteiger partial charge in [0.15, 0.2) is 0 Å². The van der Waals surface area contributed by atoms with Gasteiger partial charge in [0.25, 0.3) is 5.69 Å². The molecular weight excluding hydrogens is 380 g/mol. The van der Waals surface area contributed by atoms with Gasteiger partial charge in [-0.3, -0.25) is 15.1 Å². The van der Waals surface area contributed by atoms with E-state index in [0.29, 0.717) is 5.39 Å². The molecule has 0 saturated carbocycles. The van der Waals surface area contributed by atoms with Crippen molar-refractivity contribution >= 4 is 38.6 Å². The number of methoxy groups -OCH3 is 1. The minimum absolute atomic E-state index is 0.0860. The number of aromatic nitrogens is 2. The zero-order valence-corrected chi connectivity index (χ0v) is 16.5. The van der Waals surface area contributed by atoms with Crippen LogP contribution in [0.5, 0.6) is 5.75 Å². The Kier molecular flexibility index (Phi) is 4.35. The van der Waals surface area contributed by atoms with Crippen LogP contribution >= 0.6 is 0 Å². The summed E-state index contributed by atoms with van der Waals surface area (Å²) in [6, 6.07) is 11.3. The molecule has 4 aromatic rings. The van der Waals surface area contributed by atoms with Crippen LogP contribution in [0.15, 0.2) is 61.1 Å². The van der Waals surface area contributed by atoms with Gasteiger partial charge < -0.3 is 14.6 Å². The number of nitro groups is 1. The highest BCUT2D eigenvalue weighted by molar-refractivity contribution is 6.00. The summed E-state index contributed by atoms with van der Waals surface area (Å²) >= 11 is 0. The summed E-state index contributed by atoms with van der Waals surface area (Å²) in [5.41, 5.74) is 4.65. The first-order valence-electron chi connectivity index (χ1n) is 9.76. The van der Waals surface area contributed by atoms with E-state index in [2.05, 4.69) is 33.2 Å². The Morgan fingerprint density at radius 2 is 2.07 bits per heavy atom. The first-order valence-corrected chi connectivity index (χ1v) is 9.76. The Balaban J connectivity index is 1.49. The smallest absolute Gasteiger partial charge is 0.278 e. The molecule has 5 rings (SSSR count). The lowest BCUT2D eigenvalue weighted by molar-refractivity contribution is -0.383. The number of aromatic amines is 1. The number of hydrogen-bond acceptors (Lipinski definition) is 5. The molecule has 0 fully saturated rings. The molecule has 0 unspecified atom stereocenters. The molecule has 30 heavy (non-hydrogen) atoms. The summed E-state index contributed by atoms with van der Waals surface area (Å²) in [5.74, 6) is 0.840. The second kappa shape index (κ2) is 7.18. The number of H-pyrrole nitrogens is 1. The van der Waals surface area contributed by atoms with Gasteiger partial charge >= 0.3 is 0 Å². The van der Waals surface area contributed by atoms with Gasteiger partial charge in [0, 0.05) is 65.3 Å². The number of ether oxygens (including phenoxy) is 1. The van der Waals surface area contributed by atoms with Crippen LogP contribution in [-0.2, 0) is 0 Å². The number of pyridine rings is 1.